The van der Waals surface area contributed by atoms with Gasteiger partial charge in [-0.05, 0) is 32.0 Å². The standard InChI is InChI=1S/C17H20N2O/c1-3-18(4-2)17-12-8-9-15(13-17)14-19(20)16-10-6-5-7-11-16/h5-14H,3-4H2,1-2H3/b19-14+. The molecule has 2 rings (SSSR count). The second kappa shape index (κ2) is 6.75. The van der Waals surface area contributed by atoms with Gasteiger partial charge in [-0.25, -0.2) is 0 Å². The van der Waals surface area contributed by atoms with Gasteiger partial charge in [0.1, 0.15) is 0 Å². The van der Waals surface area contributed by atoms with Gasteiger partial charge in [0.2, 0.25) is 5.69 Å². The van der Waals surface area contributed by atoms with Crippen molar-refractivity contribution in [3.05, 3.63) is 65.4 Å². The third-order valence-electron chi connectivity index (χ3n) is 3.28. The Morgan fingerprint density at radius 3 is 2.35 bits per heavy atom. The van der Waals surface area contributed by atoms with Crippen molar-refractivity contribution in [2.45, 2.75) is 13.8 Å². The van der Waals surface area contributed by atoms with Crippen LogP contribution in [0.1, 0.15) is 19.4 Å². The van der Waals surface area contributed by atoms with Crippen molar-refractivity contribution in [3.63, 3.8) is 0 Å². The molecule has 20 heavy (non-hydrogen) atoms. The van der Waals surface area contributed by atoms with Crippen molar-refractivity contribution in [3.8, 4) is 0 Å². The molecule has 3 nitrogen and oxygen atoms in total. The molecule has 0 radical (unpaired) electrons. The van der Waals surface area contributed by atoms with Gasteiger partial charge >= 0.3 is 0 Å². The van der Waals surface area contributed by atoms with Crippen molar-refractivity contribution in [2.75, 3.05) is 18.0 Å². The van der Waals surface area contributed by atoms with E-state index in [-0.39, 0.29) is 0 Å². The maximum absolute atomic E-state index is 12.1. The first-order chi connectivity index (χ1) is 9.74. The minimum absolute atomic E-state index is 0.640. The first kappa shape index (κ1) is 14.1. The Balaban J connectivity index is 2.28. The minimum atomic E-state index is 0.640. The Bertz CT molecular complexity index is 575. The summed E-state index contributed by atoms with van der Waals surface area (Å²) in [5, 5.41) is 12.1. The average Bonchev–Trinajstić information content (AvgIpc) is 2.50. The number of anilines is 1. The van der Waals surface area contributed by atoms with E-state index in [1.54, 1.807) is 18.3 Å². The second-order valence-corrected chi connectivity index (χ2v) is 4.56. The molecule has 0 atom stereocenters. The molecule has 0 heterocycles. The van der Waals surface area contributed by atoms with Crippen LogP contribution in [0.15, 0.2) is 54.6 Å². The van der Waals surface area contributed by atoms with Crippen molar-refractivity contribution < 1.29 is 4.74 Å². The van der Waals surface area contributed by atoms with E-state index >= 15 is 0 Å². The summed E-state index contributed by atoms with van der Waals surface area (Å²) in [7, 11) is 0. The van der Waals surface area contributed by atoms with E-state index in [0.29, 0.717) is 5.69 Å². The summed E-state index contributed by atoms with van der Waals surface area (Å²) in [5.41, 5.74) is 2.69. The van der Waals surface area contributed by atoms with E-state index in [1.807, 2.05) is 36.4 Å². The molecule has 2 aromatic rings. The highest BCUT2D eigenvalue weighted by Gasteiger charge is 2.04. The molecule has 0 fully saturated rings. The van der Waals surface area contributed by atoms with Gasteiger partial charge in [-0.15, -0.1) is 0 Å². The third-order valence-corrected chi connectivity index (χ3v) is 3.28. The highest BCUT2D eigenvalue weighted by molar-refractivity contribution is 5.78. The SMILES string of the molecule is CCN(CC)c1cccc(/C=[N+](/[O-])c2ccccc2)c1. The number of nitrogens with zero attached hydrogens (tertiary/aromatic N) is 2. The van der Waals surface area contributed by atoms with Crippen molar-refractivity contribution in [2.24, 2.45) is 0 Å². The van der Waals surface area contributed by atoms with E-state index in [0.717, 1.165) is 29.1 Å². The van der Waals surface area contributed by atoms with Crippen LogP contribution in [0, 0.1) is 5.21 Å². The number of rotatable bonds is 5. The van der Waals surface area contributed by atoms with E-state index in [9.17, 15) is 5.21 Å². The summed E-state index contributed by atoms with van der Waals surface area (Å²) in [6.45, 7) is 6.17. The number of benzene rings is 2. The molecule has 2 aromatic carbocycles. The molecule has 0 saturated heterocycles. The zero-order chi connectivity index (χ0) is 14.4. The molecule has 0 aliphatic rings. The third kappa shape index (κ3) is 3.38. The zero-order valence-electron chi connectivity index (χ0n) is 12.0. The Labute approximate surface area is 120 Å². The Kier molecular flexibility index (Phi) is 4.77. The van der Waals surface area contributed by atoms with Gasteiger partial charge in [-0.2, -0.15) is 4.74 Å². The summed E-state index contributed by atoms with van der Waals surface area (Å²) in [4.78, 5) is 2.26. The topological polar surface area (TPSA) is 29.3 Å². The Morgan fingerprint density at radius 1 is 1.00 bits per heavy atom. The predicted molar refractivity (Wildman–Crippen MR) is 84.9 cm³/mol. The van der Waals surface area contributed by atoms with E-state index in [4.69, 9.17) is 0 Å². The summed E-state index contributed by atoms with van der Waals surface area (Å²) in [6.07, 6.45) is 1.61. The largest absolute Gasteiger partial charge is 0.618 e. The number of hydrogen-bond acceptors (Lipinski definition) is 2. The highest BCUT2D eigenvalue weighted by atomic mass is 16.5. The summed E-state index contributed by atoms with van der Waals surface area (Å²) in [5.74, 6) is 0. The van der Waals surface area contributed by atoms with Crippen LogP contribution in [-0.4, -0.2) is 24.0 Å². The molecule has 0 aliphatic heterocycles. The lowest BCUT2D eigenvalue weighted by Gasteiger charge is -2.21. The zero-order valence-corrected chi connectivity index (χ0v) is 12.0. The van der Waals surface area contributed by atoms with Crippen LogP contribution >= 0.6 is 0 Å². The summed E-state index contributed by atoms with van der Waals surface area (Å²) < 4.78 is 0.904. The molecule has 0 aromatic heterocycles. The van der Waals surface area contributed by atoms with Crippen LogP contribution in [0.5, 0.6) is 0 Å². The molecule has 0 spiro atoms. The molecule has 0 amide bonds. The molecule has 104 valence electrons. The van der Waals surface area contributed by atoms with Gasteiger partial charge in [0, 0.05) is 36.5 Å². The van der Waals surface area contributed by atoms with Gasteiger partial charge in [0.15, 0.2) is 6.21 Å². The summed E-state index contributed by atoms with van der Waals surface area (Å²) >= 11 is 0. The van der Waals surface area contributed by atoms with Gasteiger partial charge in [0.25, 0.3) is 0 Å². The molecular formula is C17H20N2O. The fraction of sp³-hybridized carbons (Fsp3) is 0.235. The predicted octanol–water partition coefficient (Wildman–Crippen LogP) is 3.79. The lowest BCUT2D eigenvalue weighted by Crippen LogP contribution is -2.21. The van der Waals surface area contributed by atoms with Crippen LogP contribution in [-0.2, 0) is 0 Å². The Morgan fingerprint density at radius 2 is 1.70 bits per heavy atom. The highest BCUT2D eigenvalue weighted by Crippen LogP contribution is 2.16. The number of hydrogen-bond donors (Lipinski definition) is 0. The average molecular weight is 268 g/mol. The molecule has 3 heteroatoms. The maximum Gasteiger partial charge on any atom is 0.216 e. The van der Waals surface area contributed by atoms with Crippen molar-refractivity contribution >= 4 is 17.6 Å². The second-order valence-electron chi connectivity index (χ2n) is 4.56. The lowest BCUT2D eigenvalue weighted by atomic mass is 10.2. The normalized spacial score (nSPS) is 11.4. The lowest BCUT2D eigenvalue weighted by molar-refractivity contribution is -0.354. The van der Waals surface area contributed by atoms with Crippen molar-refractivity contribution in [1.82, 2.24) is 0 Å². The molecule has 0 aliphatic carbocycles. The Hall–Kier alpha value is -2.29. The molecule has 0 saturated carbocycles. The van der Waals surface area contributed by atoms with Crippen LogP contribution < -0.4 is 4.90 Å². The quantitative estimate of drug-likeness (QED) is 0.357. The van der Waals surface area contributed by atoms with Gasteiger partial charge in [-0.3, -0.25) is 0 Å². The van der Waals surface area contributed by atoms with Crippen LogP contribution in [0.2, 0.25) is 0 Å². The monoisotopic (exact) mass is 268 g/mol. The summed E-state index contributed by atoms with van der Waals surface area (Å²) in [6, 6.07) is 17.3. The van der Waals surface area contributed by atoms with E-state index < -0.39 is 0 Å². The maximum atomic E-state index is 12.1. The van der Waals surface area contributed by atoms with Gasteiger partial charge in [0.05, 0.1) is 0 Å². The first-order valence-corrected chi connectivity index (χ1v) is 6.96. The number of para-hydroxylation sites is 1. The van der Waals surface area contributed by atoms with Crippen LogP contribution in [0.4, 0.5) is 11.4 Å². The molecule has 0 N–H and O–H groups in total. The molecule has 0 unspecified atom stereocenters. The first-order valence-electron chi connectivity index (χ1n) is 6.96. The van der Waals surface area contributed by atoms with Crippen LogP contribution in [0.3, 0.4) is 0 Å². The van der Waals surface area contributed by atoms with Crippen LogP contribution in [0.25, 0.3) is 0 Å². The van der Waals surface area contributed by atoms with E-state index in [2.05, 4.69) is 24.8 Å². The van der Waals surface area contributed by atoms with Crippen molar-refractivity contribution in [1.29, 1.82) is 0 Å². The smallest absolute Gasteiger partial charge is 0.216 e. The van der Waals surface area contributed by atoms with E-state index in [1.165, 1.54) is 0 Å². The minimum Gasteiger partial charge on any atom is -0.618 e. The fourth-order valence-electron chi connectivity index (χ4n) is 2.18. The van der Waals surface area contributed by atoms with Gasteiger partial charge in [-0.1, -0.05) is 24.3 Å². The molecular weight excluding hydrogens is 248 g/mol. The fourth-order valence-corrected chi connectivity index (χ4v) is 2.18. The molecule has 0 bridgehead atoms. The van der Waals surface area contributed by atoms with Gasteiger partial charge < -0.3 is 10.1 Å².